The Labute approximate surface area is 95.6 Å². The molecule has 1 atom stereocenters. The number of hydrogen-bond acceptors (Lipinski definition) is 3. The third kappa shape index (κ3) is 3.52. The molecule has 88 valence electrons. The summed E-state index contributed by atoms with van der Waals surface area (Å²) in [4.78, 5) is 23.0. The summed E-state index contributed by atoms with van der Waals surface area (Å²) in [6, 6.07) is 0. The molecule has 0 aliphatic heterocycles. The van der Waals surface area contributed by atoms with Crippen molar-refractivity contribution >= 4 is 23.5 Å². The SMILES string of the molecule is CCC(SC)(C(=O)O)C(=O)CCC(C)C. The molecule has 0 amide bonds. The molecule has 0 aromatic heterocycles. The van der Waals surface area contributed by atoms with E-state index in [4.69, 9.17) is 5.11 Å². The van der Waals surface area contributed by atoms with E-state index in [0.29, 0.717) is 18.8 Å². The number of carbonyl (C=O) groups is 2. The fraction of sp³-hybridized carbons (Fsp3) is 0.818. The van der Waals surface area contributed by atoms with Crippen LogP contribution in [-0.4, -0.2) is 27.9 Å². The number of ketones is 1. The highest BCUT2D eigenvalue weighted by atomic mass is 32.2. The topological polar surface area (TPSA) is 54.4 Å². The number of thioether (sulfide) groups is 1. The van der Waals surface area contributed by atoms with Crippen LogP contribution in [0, 0.1) is 5.92 Å². The lowest BCUT2D eigenvalue weighted by Crippen LogP contribution is -2.42. The molecule has 1 N–H and O–H groups in total. The van der Waals surface area contributed by atoms with Crippen molar-refractivity contribution in [3.05, 3.63) is 0 Å². The molecule has 0 saturated heterocycles. The van der Waals surface area contributed by atoms with Gasteiger partial charge in [-0.3, -0.25) is 9.59 Å². The van der Waals surface area contributed by atoms with Crippen LogP contribution < -0.4 is 0 Å². The smallest absolute Gasteiger partial charge is 0.327 e. The van der Waals surface area contributed by atoms with E-state index in [1.54, 1.807) is 13.2 Å². The van der Waals surface area contributed by atoms with Gasteiger partial charge in [-0.2, -0.15) is 0 Å². The molecule has 15 heavy (non-hydrogen) atoms. The number of carboxylic acids is 1. The third-order valence-electron chi connectivity index (χ3n) is 2.59. The highest BCUT2D eigenvalue weighted by molar-refractivity contribution is 8.01. The average molecular weight is 232 g/mol. The molecule has 0 saturated carbocycles. The van der Waals surface area contributed by atoms with E-state index in [-0.39, 0.29) is 5.78 Å². The molecule has 0 fully saturated rings. The standard InChI is InChI=1S/C11H20O3S/c1-5-11(15-4,10(13)14)9(12)7-6-8(2)3/h8H,5-7H2,1-4H3,(H,13,14). The van der Waals surface area contributed by atoms with Gasteiger partial charge in [0, 0.05) is 6.42 Å². The Morgan fingerprint density at radius 3 is 2.20 bits per heavy atom. The molecule has 0 radical (unpaired) electrons. The number of aliphatic carboxylic acids is 1. The fourth-order valence-corrected chi connectivity index (χ4v) is 2.23. The number of hydrogen-bond donors (Lipinski definition) is 1. The lowest BCUT2D eigenvalue weighted by Gasteiger charge is -2.24. The monoisotopic (exact) mass is 232 g/mol. The summed E-state index contributed by atoms with van der Waals surface area (Å²) in [6.45, 7) is 5.80. The summed E-state index contributed by atoms with van der Waals surface area (Å²) in [5.41, 5.74) is 0. The van der Waals surface area contributed by atoms with Gasteiger partial charge in [-0.25, -0.2) is 0 Å². The summed E-state index contributed by atoms with van der Waals surface area (Å²) in [6.07, 6.45) is 3.15. The molecule has 0 rings (SSSR count). The molecular formula is C11H20O3S. The van der Waals surface area contributed by atoms with Gasteiger partial charge in [0.1, 0.15) is 0 Å². The molecule has 0 aliphatic rings. The molecule has 0 aliphatic carbocycles. The van der Waals surface area contributed by atoms with Crippen LogP contribution in [0.25, 0.3) is 0 Å². The highest BCUT2D eigenvalue weighted by Crippen LogP contribution is 2.30. The Morgan fingerprint density at radius 2 is 1.93 bits per heavy atom. The molecule has 0 bridgehead atoms. The number of Topliss-reactive ketones (excluding diaryl/α,β-unsaturated/α-hetero) is 1. The molecule has 0 heterocycles. The van der Waals surface area contributed by atoms with E-state index in [1.165, 1.54) is 0 Å². The van der Waals surface area contributed by atoms with Crippen molar-refractivity contribution in [2.75, 3.05) is 6.26 Å². The van der Waals surface area contributed by atoms with Crippen LogP contribution >= 0.6 is 11.8 Å². The quantitative estimate of drug-likeness (QED) is 0.685. The van der Waals surface area contributed by atoms with E-state index in [0.717, 1.165) is 18.2 Å². The minimum absolute atomic E-state index is 0.154. The second-order valence-corrected chi connectivity index (χ2v) is 5.15. The van der Waals surface area contributed by atoms with Crippen molar-refractivity contribution in [2.24, 2.45) is 5.92 Å². The van der Waals surface area contributed by atoms with Crippen molar-refractivity contribution < 1.29 is 14.7 Å². The van der Waals surface area contributed by atoms with Crippen LogP contribution in [0.15, 0.2) is 0 Å². The largest absolute Gasteiger partial charge is 0.480 e. The zero-order valence-electron chi connectivity index (χ0n) is 9.87. The fourth-order valence-electron chi connectivity index (χ4n) is 1.43. The number of carbonyl (C=O) groups excluding carboxylic acids is 1. The van der Waals surface area contributed by atoms with Crippen LogP contribution in [0.2, 0.25) is 0 Å². The van der Waals surface area contributed by atoms with E-state index >= 15 is 0 Å². The van der Waals surface area contributed by atoms with Crippen molar-refractivity contribution in [3.8, 4) is 0 Å². The predicted molar refractivity (Wildman–Crippen MR) is 63.3 cm³/mol. The highest BCUT2D eigenvalue weighted by Gasteiger charge is 2.42. The maximum Gasteiger partial charge on any atom is 0.327 e. The molecule has 4 heteroatoms. The van der Waals surface area contributed by atoms with Crippen LogP contribution in [0.4, 0.5) is 0 Å². The Bertz CT molecular complexity index is 232. The maximum atomic E-state index is 11.9. The lowest BCUT2D eigenvalue weighted by atomic mass is 9.94. The van der Waals surface area contributed by atoms with E-state index in [1.807, 2.05) is 13.8 Å². The molecule has 3 nitrogen and oxygen atoms in total. The average Bonchev–Trinajstić information content (AvgIpc) is 2.17. The lowest BCUT2D eigenvalue weighted by molar-refractivity contribution is -0.144. The van der Waals surface area contributed by atoms with Crippen LogP contribution in [0.3, 0.4) is 0 Å². The first-order chi connectivity index (χ1) is 6.90. The first-order valence-corrected chi connectivity index (χ1v) is 6.45. The van der Waals surface area contributed by atoms with Crippen LogP contribution in [0.5, 0.6) is 0 Å². The molecule has 0 aromatic carbocycles. The van der Waals surface area contributed by atoms with Gasteiger partial charge in [-0.15, -0.1) is 11.8 Å². The summed E-state index contributed by atoms with van der Waals surface area (Å²) in [7, 11) is 0. The van der Waals surface area contributed by atoms with Gasteiger partial charge in [0.25, 0.3) is 0 Å². The Balaban J connectivity index is 4.63. The first-order valence-electron chi connectivity index (χ1n) is 5.22. The molecule has 0 aromatic rings. The summed E-state index contributed by atoms with van der Waals surface area (Å²) >= 11 is 1.14. The zero-order valence-corrected chi connectivity index (χ0v) is 10.7. The van der Waals surface area contributed by atoms with Gasteiger partial charge in [-0.1, -0.05) is 20.8 Å². The number of rotatable bonds is 7. The Morgan fingerprint density at radius 1 is 1.40 bits per heavy atom. The van der Waals surface area contributed by atoms with Gasteiger partial charge in [0.05, 0.1) is 0 Å². The molecule has 0 spiro atoms. The minimum Gasteiger partial charge on any atom is -0.480 e. The minimum atomic E-state index is -1.23. The third-order valence-corrected chi connectivity index (χ3v) is 3.98. The Kier molecular flexibility index (Phi) is 5.95. The van der Waals surface area contributed by atoms with Gasteiger partial charge >= 0.3 is 5.97 Å². The van der Waals surface area contributed by atoms with Crippen molar-refractivity contribution in [3.63, 3.8) is 0 Å². The predicted octanol–water partition coefficient (Wildman–Crippen LogP) is 2.59. The van der Waals surface area contributed by atoms with Gasteiger partial charge in [-0.05, 0) is 25.0 Å². The normalized spacial score (nSPS) is 15.0. The van der Waals surface area contributed by atoms with Gasteiger partial charge in [0.2, 0.25) is 0 Å². The van der Waals surface area contributed by atoms with Crippen molar-refractivity contribution in [1.82, 2.24) is 0 Å². The first kappa shape index (κ1) is 14.5. The van der Waals surface area contributed by atoms with E-state index in [2.05, 4.69) is 0 Å². The van der Waals surface area contributed by atoms with Crippen LogP contribution in [0.1, 0.15) is 40.0 Å². The second-order valence-electron chi connectivity index (χ2n) is 4.05. The van der Waals surface area contributed by atoms with Crippen LogP contribution in [-0.2, 0) is 9.59 Å². The van der Waals surface area contributed by atoms with Crippen molar-refractivity contribution in [1.29, 1.82) is 0 Å². The number of carboxylic acid groups (broad SMARTS) is 1. The molecule has 1 unspecified atom stereocenters. The second kappa shape index (κ2) is 6.16. The van der Waals surface area contributed by atoms with Gasteiger partial charge in [0.15, 0.2) is 10.5 Å². The van der Waals surface area contributed by atoms with E-state index in [9.17, 15) is 9.59 Å². The maximum absolute atomic E-state index is 11.9. The van der Waals surface area contributed by atoms with Gasteiger partial charge < -0.3 is 5.11 Å². The summed E-state index contributed by atoms with van der Waals surface area (Å²) in [5, 5.41) is 9.12. The van der Waals surface area contributed by atoms with Crippen molar-refractivity contribution in [2.45, 2.75) is 44.8 Å². The van der Waals surface area contributed by atoms with E-state index < -0.39 is 10.7 Å². The Hall–Kier alpha value is -0.510. The molecular weight excluding hydrogens is 212 g/mol. The zero-order chi connectivity index (χ0) is 12.1. The summed E-state index contributed by atoms with van der Waals surface area (Å²) < 4.78 is -1.23. The summed E-state index contributed by atoms with van der Waals surface area (Å²) in [5.74, 6) is -0.732.